The highest BCUT2D eigenvalue weighted by molar-refractivity contribution is 5.88. The molecule has 198 valence electrons. The molecule has 4 heteroatoms. The topological polar surface area (TPSA) is 65.7 Å². The van der Waals surface area contributed by atoms with E-state index in [1.165, 1.54) is 0 Å². The Bertz CT molecular complexity index is 1690. The maximum absolute atomic E-state index is 10.9. The highest BCUT2D eigenvalue weighted by Crippen LogP contribution is 2.47. The molecule has 0 atom stereocenters. The van der Waals surface area contributed by atoms with Gasteiger partial charge < -0.3 is 10.2 Å². The lowest BCUT2D eigenvalue weighted by Crippen LogP contribution is -2.30. The van der Waals surface area contributed by atoms with Crippen LogP contribution in [0.1, 0.15) is 27.8 Å². The smallest absolute Gasteiger partial charge is 0.141 e. The summed E-state index contributed by atoms with van der Waals surface area (Å²) in [7, 11) is 0. The number of phenolic OH excluding ortho intramolecular Hbond substituents is 2. The van der Waals surface area contributed by atoms with Crippen LogP contribution in [0, 0.1) is 0 Å². The molecule has 1 aromatic heterocycles. The third-order valence-electron chi connectivity index (χ3n) is 7.39. The summed E-state index contributed by atoms with van der Waals surface area (Å²) in [5, 5.41) is 21.5. The normalized spacial score (nSPS) is 11.5. The standard InChI is InChI=1S/C37H28N2O2/c40-35-20-18-27(28-11-10-22-38-25-28)23-29(35)26-39-34-24-33(19-21-36(34)41)37(30-12-4-1-5-13-30,31-14-6-2-7-15-31)32-16-8-3-9-17-32/h1-26,40-41H. The number of hydrogen-bond acceptors (Lipinski definition) is 4. The molecule has 0 aliphatic carbocycles. The Hall–Kier alpha value is -5.48. The molecule has 0 aliphatic rings. The van der Waals surface area contributed by atoms with E-state index in [4.69, 9.17) is 0 Å². The highest BCUT2D eigenvalue weighted by Gasteiger charge is 2.38. The van der Waals surface area contributed by atoms with Crippen molar-refractivity contribution in [1.82, 2.24) is 4.98 Å². The van der Waals surface area contributed by atoms with E-state index in [0.717, 1.165) is 33.4 Å². The zero-order valence-corrected chi connectivity index (χ0v) is 22.3. The second kappa shape index (κ2) is 11.3. The van der Waals surface area contributed by atoms with Gasteiger partial charge in [0.1, 0.15) is 17.2 Å². The van der Waals surface area contributed by atoms with Crippen LogP contribution in [-0.2, 0) is 5.41 Å². The quantitative estimate of drug-likeness (QED) is 0.161. The molecular formula is C37H28N2O2. The summed E-state index contributed by atoms with van der Waals surface area (Å²) in [6, 6.07) is 45.9. The van der Waals surface area contributed by atoms with E-state index in [2.05, 4.69) is 46.4 Å². The number of pyridine rings is 1. The minimum absolute atomic E-state index is 0.0518. The van der Waals surface area contributed by atoms with Crippen LogP contribution in [0.3, 0.4) is 0 Å². The lowest BCUT2D eigenvalue weighted by molar-refractivity contribution is 0.474. The van der Waals surface area contributed by atoms with Gasteiger partial charge in [-0.05, 0) is 58.1 Å². The zero-order valence-electron chi connectivity index (χ0n) is 22.3. The van der Waals surface area contributed by atoms with Crippen LogP contribution in [0.15, 0.2) is 157 Å². The summed E-state index contributed by atoms with van der Waals surface area (Å²) < 4.78 is 0. The van der Waals surface area contributed by atoms with Crippen molar-refractivity contribution in [2.24, 2.45) is 4.99 Å². The van der Waals surface area contributed by atoms with Crippen molar-refractivity contribution in [2.45, 2.75) is 5.41 Å². The third-order valence-corrected chi connectivity index (χ3v) is 7.39. The fraction of sp³-hybridized carbons (Fsp3) is 0.0270. The predicted octanol–water partition coefficient (Wildman–Crippen LogP) is 8.29. The number of aliphatic imine (C=N–C) groups is 1. The molecule has 2 N–H and O–H groups in total. The molecular weight excluding hydrogens is 504 g/mol. The van der Waals surface area contributed by atoms with E-state index in [1.807, 2.05) is 91.0 Å². The first-order valence-electron chi connectivity index (χ1n) is 13.4. The number of benzene rings is 5. The number of aromatic nitrogens is 1. The lowest BCUT2D eigenvalue weighted by Gasteiger charge is -2.37. The van der Waals surface area contributed by atoms with Crippen molar-refractivity contribution in [1.29, 1.82) is 0 Å². The Labute approximate surface area is 239 Å². The Morgan fingerprint density at radius 1 is 0.537 bits per heavy atom. The first-order valence-corrected chi connectivity index (χ1v) is 13.4. The van der Waals surface area contributed by atoms with Crippen molar-refractivity contribution >= 4 is 11.9 Å². The van der Waals surface area contributed by atoms with E-state index < -0.39 is 5.41 Å². The molecule has 5 aromatic carbocycles. The zero-order chi connectivity index (χ0) is 28.1. The van der Waals surface area contributed by atoms with E-state index in [-0.39, 0.29) is 11.5 Å². The van der Waals surface area contributed by atoms with Crippen molar-refractivity contribution < 1.29 is 10.2 Å². The Morgan fingerprint density at radius 3 is 1.68 bits per heavy atom. The number of nitrogens with zero attached hydrogens (tertiary/aromatic N) is 2. The molecule has 0 bridgehead atoms. The molecule has 6 aromatic rings. The van der Waals surface area contributed by atoms with Gasteiger partial charge in [0, 0.05) is 29.7 Å². The molecule has 0 saturated carbocycles. The number of hydrogen-bond donors (Lipinski definition) is 2. The third kappa shape index (κ3) is 4.99. The molecule has 4 nitrogen and oxygen atoms in total. The van der Waals surface area contributed by atoms with Crippen LogP contribution in [0.4, 0.5) is 5.69 Å². The van der Waals surface area contributed by atoms with Gasteiger partial charge in [-0.2, -0.15) is 0 Å². The number of rotatable bonds is 7. The van der Waals surface area contributed by atoms with Gasteiger partial charge in [-0.1, -0.05) is 109 Å². The van der Waals surface area contributed by atoms with Gasteiger partial charge in [0.15, 0.2) is 0 Å². The molecule has 0 spiro atoms. The maximum Gasteiger partial charge on any atom is 0.141 e. The number of aromatic hydroxyl groups is 2. The molecule has 1 heterocycles. The Balaban J connectivity index is 1.52. The van der Waals surface area contributed by atoms with E-state index in [9.17, 15) is 10.2 Å². The van der Waals surface area contributed by atoms with E-state index >= 15 is 0 Å². The second-order valence-corrected chi connectivity index (χ2v) is 9.83. The molecule has 0 amide bonds. The summed E-state index contributed by atoms with van der Waals surface area (Å²) in [5.41, 5.74) is 6.37. The van der Waals surface area contributed by atoms with Crippen molar-refractivity contribution in [3.63, 3.8) is 0 Å². The maximum atomic E-state index is 10.9. The van der Waals surface area contributed by atoms with Crippen molar-refractivity contribution in [3.8, 4) is 22.6 Å². The monoisotopic (exact) mass is 532 g/mol. The van der Waals surface area contributed by atoms with Gasteiger partial charge in [0.25, 0.3) is 0 Å². The molecule has 0 unspecified atom stereocenters. The largest absolute Gasteiger partial charge is 0.507 e. The Morgan fingerprint density at radius 2 is 1.12 bits per heavy atom. The average Bonchev–Trinajstić information content (AvgIpc) is 3.04. The SMILES string of the molecule is Oc1ccc(-c2cccnc2)cc1C=Nc1cc(C(c2ccccc2)(c2ccccc2)c2ccccc2)ccc1O. The van der Waals surface area contributed by atoms with Crippen molar-refractivity contribution in [2.75, 3.05) is 0 Å². The predicted molar refractivity (Wildman–Crippen MR) is 165 cm³/mol. The van der Waals surface area contributed by atoms with Gasteiger partial charge in [0.05, 0.1) is 5.41 Å². The van der Waals surface area contributed by atoms with Gasteiger partial charge in [0.2, 0.25) is 0 Å². The van der Waals surface area contributed by atoms with Gasteiger partial charge >= 0.3 is 0 Å². The van der Waals surface area contributed by atoms with Gasteiger partial charge in [-0.25, -0.2) is 0 Å². The summed E-state index contributed by atoms with van der Waals surface area (Å²) in [5.74, 6) is 0.153. The second-order valence-electron chi connectivity index (χ2n) is 9.83. The summed E-state index contributed by atoms with van der Waals surface area (Å²) >= 11 is 0. The minimum atomic E-state index is -0.663. The van der Waals surface area contributed by atoms with Crippen LogP contribution in [-0.4, -0.2) is 21.4 Å². The fourth-order valence-electron chi connectivity index (χ4n) is 5.43. The average molecular weight is 533 g/mol. The first kappa shape index (κ1) is 25.8. The number of phenols is 2. The summed E-state index contributed by atoms with van der Waals surface area (Å²) in [6.45, 7) is 0. The first-order chi connectivity index (χ1) is 20.2. The fourth-order valence-corrected chi connectivity index (χ4v) is 5.43. The van der Waals surface area contributed by atoms with Crippen LogP contribution in [0.25, 0.3) is 11.1 Å². The summed E-state index contributed by atoms with van der Waals surface area (Å²) in [6.07, 6.45) is 5.09. The molecule has 41 heavy (non-hydrogen) atoms. The highest BCUT2D eigenvalue weighted by atomic mass is 16.3. The molecule has 0 fully saturated rings. The van der Waals surface area contributed by atoms with Gasteiger partial charge in [-0.15, -0.1) is 0 Å². The van der Waals surface area contributed by atoms with Crippen LogP contribution < -0.4 is 0 Å². The Kier molecular flexibility index (Phi) is 7.12. The van der Waals surface area contributed by atoms with E-state index in [0.29, 0.717) is 11.3 Å². The van der Waals surface area contributed by atoms with Crippen molar-refractivity contribution in [3.05, 3.63) is 180 Å². The molecule has 6 rings (SSSR count). The van der Waals surface area contributed by atoms with Crippen LogP contribution in [0.5, 0.6) is 11.5 Å². The van der Waals surface area contributed by atoms with Gasteiger partial charge in [-0.3, -0.25) is 9.98 Å². The molecule has 0 aliphatic heterocycles. The van der Waals surface area contributed by atoms with E-state index in [1.54, 1.807) is 30.7 Å². The molecule has 0 saturated heterocycles. The molecule has 0 radical (unpaired) electrons. The minimum Gasteiger partial charge on any atom is -0.507 e. The van der Waals surface area contributed by atoms with Crippen LogP contribution >= 0.6 is 0 Å². The summed E-state index contributed by atoms with van der Waals surface area (Å²) in [4.78, 5) is 8.87. The van der Waals surface area contributed by atoms with Crippen LogP contribution in [0.2, 0.25) is 0 Å². The lowest BCUT2D eigenvalue weighted by atomic mass is 9.65.